The Balaban J connectivity index is 2.98. The molecule has 1 heterocycles. The first-order chi connectivity index (χ1) is 6.06. The molecule has 5 heteroatoms. The highest BCUT2D eigenvalue weighted by molar-refractivity contribution is 6.31. The van der Waals surface area contributed by atoms with Crippen LogP contribution in [0.4, 0.5) is 0 Å². The second kappa shape index (κ2) is 3.79. The third kappa shape index (κ3) is 2.01. The van der Waals surface area contributed by atoms with Crippen LogP contribution in [0.3, 0.4) is 0 Å². The van der Waals surface area contributed by atoms with E-state index in [0.29, 0.717) is 5.02 Å². The number of nitrogens with one attached hydrogen (secondary N) is 1. The fraction of sp³-hybridized carbons (Fsp3) is 0.500. The summed E-state index contributed by atoms with van der Waals surface area (Å²) in [4.78, 5) is 0. The average molecular weight is 201 g/mol. The van der Waals surface area contributed by atoms with E-state index in [4.69, 9.17) is 22.7 Å². The zero-order chi connectivity index (χ0) is 10.0. The van der Waals surface area contributed by atoms with E-state index in [-0.39, 0.29) is 11.9 Å². The Labute approximate surface area is 82.2 Å². The Morgan fingerprint density at radius 1 is 1.85 bits per heavy atom. The molecule has 0 fully saturated rings. The maximum absolute atomic E-state index is 7.34. The van der Waals surface area contributed by atoms with E-state index in [9.17, 15) is 0 Å². The monoisotopic (exact) mass is 200 g/mol. The van der Waals surface area contributed by atoms with Crippen LogP contribution < -0.4 is 5.73 Å². The number of halogens is 1. The highest BCUT2D eigenvalue weighted by Crippen LogP contribution is 2.17. The lowest BCUT2D eigenvalue weighted by atomic mass is 10.2. The summed E-state index contributed by atoms with van der Waals surface area (Å²) in [6, 6.07) is -0.175. The molecule has 0 spiro atoms. The zero-order valence-corrected chi connectivity index (χ0v) is 8.47. The van der Waals surface area contributed by atoms with E-state index in [1.165, 1.54) is 0 Å². The van der Waals surface area contributed by atoms with E-state index < -0.39 is 0 Å². The first kappa shape index (κ1) is 10.1. The SMILES string of the molecule is CCC(C(=N)N)n1cc(Cl)c(C)n1. The molecule has 0 amide bonds. The predicted molar refractivity (Wildman–Crippen MR) is 53.2 cm³/mol. The summed E-state index contributed by atoms with van der Waals surface area (Å²) in [6.07, 6.45) is 2.44. The van der Waals surface area contributed by atoms with E-state index in [1.54, 1.807) is 10.9 Å². The summed E-state index contributed by atoms with van der Waals surface area (Å²) in [5, 5.41) is 12.1. The van der Waals surface area contributed by atoms with Gasteiger partial charge in [-0.2, -0.15) is 5.10 Å². The molecule has 72 valence electrons. The van der Waals surface area contributed by atoms with Crippen LogP contribution in [0.1, 0.15) is 25.1 Å². The summed E-state index contributed by atoms with van der Waals surface area (Å²) >= 11 is 5.84. The second-order valence-corrected chi connectivity index (χ2v) is 3.33. The molecule has 13 heavy (non-hydrogen) atoms. The van der Waals surface area contributed by atoms with Crippen LogP contribution in [-0.2, 0) is 0 Å². The number of aromatic nitrogens is 2. The van der Waals surface area contributed by atoms with Crippen LogP contribution in [0.15, 0.2) is 6.20 Å². The van der Waals surface area contributed by atoms with Gasteiger partial charge in [-0.1, -0.05) is 18.5 Å². The van der Waals surface area contributed by atoms with Crippen molar-refractivity contribution in [1.82, 2.24) is 9.78 Å². The number of nitrogens with zero attached hydrogens (tertiary/aromatic N) is 2. The molecule has 1 unspecified atom stereocenters. The van der Waals surface area contributed by atoms with Gasteiger partial charge in [-0.3, -0.25) is 10.1 Å². The van der Waals surface area contributed by atoms with Gasteiger partial charge in [0.25, 0.3) is 0 Å². The number of hydrogen-bond donors (Lipinski definition) is 2. The Morgan fingerprint density at radius 2 is 2.46 bits per heavy atom. The molecule has 1 rings (SSSR count). The van der Waals surface area contributed by atoms with Gasteiger partial charge in [0.15, 0.2) is 0 Å². The molecule has 1 aromatic rings. The summed E-state index contributed by atoms with van der Waals surface area (Å²) in [5.74, 6) is 0.113. The largest absolute Gasteiger partial charge is 0.386 e. The summed E-state index contributed by atoms with van der Waals surface area (Å²) in [7, 11) is 0. The van der Waals surface area contributed by atoms with Crippen LogP contribution in [0.25, 0.3) is 0 Å². The Kier molecular flexibility index (Phi) is 2.93. The number of aryl methyl sites for hydroxylation is 1. The molecule has 1 atom stereocenters. The number of nitrogens with two attached hydrogens (primary N) is 1. The van der Waals surface area contributed by atoms with Crippen molar-refractivity contribution in [2.75, 3.05) is 0 Å². The van der Waals surface area contributed by atoms with Gasteiger partial charge in [-0.05, 0) is 13.3 Å². The van der Waals surface area contributed by atoms with E-state index >= 15 is 0 Å². The third-order valence-corrected chi connectivity index (χ3v) is 2.29. The van der Waals surface area contributed by atoms with Crippen LogP contribution in [0, 0.1) is 12.3 Å². The number of amidine groups is 1. The molecule has 1 aromatic heterocycles. The minimum Gasteiger partial charge on any atom is -0.386 e. The molecule has 0 saturated carbocycles. The molecule has 0 bridgehead atoms. The normalized spacial score (nSPS) is 12.8. The summed E-state index contributed by atoms with van der Waals surface area (Å²) < 4.78 is 1.64. The summed E-state index contributed by atoms with van der Waals surface area (Å²) in [5.41, 5.74) is 6.18. The first-order valence-corrected chi connectivity index (χ1v) is 4.49. The molecule has 0 aliphatic carbocycles. The van der Waals surface area contributed by atoms with Gasteiger partial charge < -0.3 is 5.73 Å². The van der Waals surface area contributed by atoms with E-state index in [0.717, 1.165) is 12.1 Å². The topological polar surface area (TPSA) is 67.7 Å². The van der Waals surface area contributed by atoms with Crippen molar-refractivity contribution in [3.8, 4) is 0 Å². The third-order valence-electron chi connectivity index (χ3n) is 1.92. The smallest absolute Gasteiger partial charge is 0.116 e. The maximum Gasteiger partial charge on any atom is 0.116 e. The van der Waals surface area contributed by atoms with Crippen molar-refractivity contribution >= 4 is 17.4 Å². The minimum absolute atomic E-state index is 0.113. The summed E-state index contributed by atoms with van der Waals surface area (Å²) in [6.45, 7) is 3.78. The quantitative estimate of drug-likeness (QED) is 0.577. The zero-order valence-electron chi connectivity index (χ0n) is 7.71. The van der Waals surface area contributed by atoms with E-state index in [1.807, 2.05) is 13.8 Å². The lowest BCUT2D eigenvalue weighted by molar-refractivity contribution is 0.543. The van der Waals surface area contributed by atoms with Crippen molar-refractivity contribution in [2.45, 2.75) is 26.3 Å². The van der Waals surface area contributed by atoms with Crippen molar-refractivity contribution in [3.63, 3.8) is 0 Å². The van der Waals surface area contributed by atoms with Crippen molar-refractivity contribution in [1.29, 1.82) is 5.41 Å². The predicted octanol–water partition coefficient (Wildman–Crippen LogP) is 1.73. The Bertz CT molecular complexity index is 298. The molecule has 0 aromatic carbocycles. The van der Waals surface area contributed by atoms with Gasteiger partial charge in [0.2, 0.25) is 0 Å². The molecule has 0 aliphatic rings. The molecule has 3 N–H and O–H groups in total. The van der Waals surface area contributed by atoms with Gasteiger partial charge in [0.05, 0.1) is 10.7 Å². The van der Waals surface area contributed by atoms with Crippen LogP contribution in [0.2, 0.25) is 5.02 Å². The van der Waals surface area contributed by atoms with Gasteiger partial charge in [-0.25, -0.2) is 0 Å². The molecular weight excluding hydrogens is 188 g/mol. The minimum atomic E-state index is -0.175. The van der Waals surface area contributed by atoms with Crippen LogP contribution in [-0.4, -0.2) is 15.6 Å². The van der Waals surface area contributed by atoms with Gasteiger partial charge in [0.1, 0.15) is 11.9 Å². The first-order valence-electron chi connectivity index (χ1n) is 4.11. The Morgan fingerprint density at radius 3 is 2.77 bits per heavy atom. The van der Waals surface area contributed by atoms with Gasteiger partial charge in [0, 0.05) is 6.20 Å². The molecule has 0 radical (unpaired) electrons. The highest BCUT2D eigenvalue weighted by atomic mass is 35.5. The Hall–Kier alpha value is -1.03. The van der Waals surface area contributed by atoms with Gasteiger partial charge in [-0.15, -0.1) is 0 Å². The van der Waals surface area contributed by atoms with Crippen molar-refractivity contribution in [2.24, 2.45) is 5.73 Å². The number of rotatable bonds is 3. The standard InChI is InChI=1S/C8H13ClN4/c1-3-7(8(10)11)13-4-6(9)5(2)12-13/h4,7H,3H2,1-2H3,(H3,10,11). The van der Waals surface area contributed by atoms with Crippen LogP contribution >= 0.6 is 11.6 Å². The maximum atomic E-state index is 7.34. The molecule has 0 aliphatic heterocycles. The van der Waals surface area contributed by atoms with Gasteiger partial charge >= 0.3 is 0 Å². The van der Waals surface area contributed by atoms with Crippen molar-refractivity contribution < 1.29 is 0 Å². The lowest BCUT2D eigenvalue weighted by Crippen LogP contribution is -2.25. The molecule has 0 saturated heterocycles. The highest BCUT2D eigenvalue weighted by Gasteiger charge is 2.14. The molecule has 4 nitrogen and oxygen atoms in total. The van der Waals surface area contributed by atoms with E-state index in [2.05, 4.69) is 5.10 Å². The number of hydrogen-bond acceptors (Lipinski definition) is 2. The average Bonchev–Trinajstić information content (AvgIpc) is 2.32. The molecular formula is C8H13ClN4. The van der Waals surface area contributed by atoms with Crippen molar-refractivity contribution in [3.05, 3.63) is 16.9 Å². The van der Waals surface area contributed by atoms with Crippen LogP contribution in [0.5, 0.6) is 0 Å². The lowest BCUT2D eigenvalue weighted by Gasteiger charge is -2.12. The fourth-order valence-electron chi connectivity index (χ4n) is 1.17. The second-order valence-electron chi connectivity index (χ2n) is 2.92. The fourth-order valence-corrected chi connectivity index (χ4v) is 1.31.